The fourth-order valence-corrected chi connectivity index (χ4v) is 13.2. The highest BCUT2D eigenvalue weighted by Gasteiger charge is 2.43. The summed E-state index contributed by atoms with van der Waals surface area (Å²) in [4.78, 5) is 58.9. The van der Waals surface area contributed by atoms with Crippen molar-refractivity contribution in [2.24, 2.45) is 22.7 Å². The second kappa shape index (κ2) is 24.8. The monoisotopic (exact) mass is 1050 g/mol. The van der Waals surface area contributed by atoms with E-state index < -0.39 is 61.0 Å². The Bertz CT molecular complexity index is 2610. The van der Waals surface area contributed by atoms with E-state index in [-0.39, 0.29) is 71.8 Å². The lowest BCUT2D eigenvalue weighted by Gasteiger charge is -2.37. The Morgan fingerprint density at radius 2 is 1.09 bits per heavy atom. The quantitative estimate of drug-likeness (QED) is 0.0745. The molecule has 3 amide bonds. The summed E-state index contributed by atoms with van der Waals surface area (Å²) in [6.07, 6.45) is 4.19. The molecule has 0 spiro atoms. The van der Waals surface area contributed by atoms with Crippen LogP contribution in [0.15, 0.2) is 107 Å². The average molecular weight is 1060 g/mol. The largest absolute Gasteiger partial charge is 0.344 e. The lowest BCUT2D eigenvalue weighted by atomic mass is 9.76. The lowest BCUT2D eigenvalue weighted by molar-refractivity contribution is -0.143. The van der Waals surface area contributed by atoms with E-state index in [9.17, 15) is 36.0 Å². The fraction of sp³-hybridized carbons (Fsp3) is 0.552. The molecule has 6 atom stereocenters. The fourth-order valence-electron chi connectivity index (χ4n) is 10.1. The number of sulfonamides is 2. The van der Waals surface area contributed by atoms with Crippen LogP contribution in [0.3, 0.4) is 0 Å². The highest BCUT2D eigenvalue weighted by Crippen LogP contribution is 2.35. The number of amides is 3. The van der Waals surface area contributed by atoms with Crippen LogP contribution in [0.4, 0.5) is 0 Å². The number of carbonyl (C=O) groups is 4. The number of likely N-dealkylation sites (tertiary alicyclic amines) is 2. The van der Waals surface area contributed by atoms with Gasteiger partial charge in [-0.05, 0) is 116 Å². The van der Waals surface area contributed by atoms with Gasteiger partial charge in [-0.15, -0.1) is 0 Å². The van der Waals surface area contributed by atoms with Crippen molar-refractivity contribution in [1.82, 2.24) is 29.0 Å². The molecule has 4 aromatic rings. The number of carbonyl (C=O) groups excluding carboxylic acids is 4. The van der Waals surface area contributed by atoms with Crippen LogP contribution in [0.5, 0.6) is 0 Å². The van der Waals surface area contributed by atoms with E-state index in [4.69, 9.17) is 0 Å². The number of likely N-dealkylation sites (N-methyl/N-ethyl adjacent to an activating group) is 1. The van der Waals surface area contributed by atoms with Crippen LogP contribution in [0.2, 0.25) is 0 Å². The topological polar surface area (TPSA) is 174 Å². The van der Waals surface area contributed by atoms with Gasteiger partial charge in [-0.1, -0.05) is 128 Å². The third kappa shape index (κ3) is 14.3. The summed E-state index contributed by atoms with van der Waals surface area (Å²) in [5, 5.41) is 7.09. The van der Waals surface area contributed by atoms with Crippen molar-refractivity contribution < 1.29 is 36.0 Å². The molecule has 2 fully saturated rings. The Morgan fingerprint density at radius 1 is 0.649 bits per heavy atom. The Labute approximate surface area is 442 Å². The molecule has 2 N–H and O–H groups in total. The zero-order chi connectivity index (χ0) is 54.2. The van der Waals surface area contributed by atoms with E-state index >= 15 is 0 Å². The zero-order valence-electron chi connectivity index (χ0n) is 45.5. The number of fused-ring (bicyclic) bond motifs is 1. The smallest absolute Gasteiger partial charge is 0.245 e. The van der Waals surface area contributed by atoms with E-state index in [1.807, 2.05) is 116 Å². The highest BCUT2D eigenvalue weighted by molar-refractivity contribution is 7.89. The molecular formula is C58H82N6O8S2. The number of nitrogens with zero attached hydrogens (tertiary/aromatic N) is 4. The van der Waals surface area contributed by atoms with Crippen molar-refractivity contribution >= 4 is 54.3 Å². The van der Waals surface area contributed by atoms with Crippen molar-refractivity contribution in [2.75, 3.05) is 46.3 Å². The molecule has 0 aliphatic carbocycles. The second-order valence-corrected chi connectivity index (χ2v) is 26.6. The lowest BCUT2D eigenvalue weighted by Crippen LogP contribution is -2.57. The van der Waals surface area contributed by atoms with Crippen molar-refractivity contribution in [2.45, 2.75) is 148 Å². The molecule has 2 aliphatic rings. The van der Waals surface area contributed by atoms with Crippen LogP contribution in [0.1, 0.15) is 112 Å². The van der Waals surface area contributed by atoms with Gasteiger partial charge in [0.15, 0.2) is 0 Å². The van der Waals surface area contributed by atoms with Crippen LogP contribution >= 0.6 is 0 Å². The van der Waals surface area contributed by atoms with Gasteiger partial charge in [-0.3, -0.25) is 19.2 Å². The van der Waals surface area contributed by atoms with Gasteiger partial charge in [0.05, 0.1) is 15.8 Å². The standard InChI is InChI=1S/C58H82N6O8S2/c1-11-41(2)54(66)60-53(58(7,8)9)56(68)64-33-19-25-48(64)40-62(35-31-44-22-16-13-17-23-44)74(71,72)50-29-27-45-36-49(28-26-46(45)37-50)73(69,70)61(34-30-43-20-14-12-15-21-43)39-47-24-18-32-63(47)55(67)51(57(4,5)6)38-52(65)42(3)59-10/h12-17,20-23,26-29,36-37,41-42,47-48,51,53,59H,11,18-19,24-25,30-35,38-40H2,1-10H3,(H,60,66)/t41-,42+,47+,48+,51-,53-/m1/s1. The summed E-state index contributed by atoms with van der Waals surface area (Å²) < 4.78 is 62.8. The maximum atomic E-state index is 15.0. The molecule has 0 unspecified atom stereocenters. The molecule has 0 aromatic heterocycles. The number of rotatable bonds is 23. The predicted molar refractivity (Wildman–Crippen MR) is 293 cm³/mol. The first-order chi connectivity index (χ1) is 34.9. The molecule has 16 heteroatoms. The minimum Gasteiger partial charge on any atom is -0.344 e. The number of nitrogens with one attached hydrogen (secondary N) is 2. The minimum atomic E-state index is -4.18. The summed E-state index contributed by atoms with van der Waals surface area (Å²) in [5.41, 5.74) is 0.817. The summed E-state index contributed by atoms with van der Waals surface area (Å²) in [5.74, 6) is -1.46. The summed E-state index contributed by atoms with van der Waals surface area (Å²) in [6.45, 7) is 18.6. The van der Waals surface area contributed by atoms with Crippen LogP contribution in [0.25, 0.3) is 10.8 Å². The van der Waals surface area contributed by atoms with E-state index in [2.05, 4.69) is 10.6 Å². The van der Waals surface area contributed by atoms with Gasteiger partial charge in [-0.2, -0.15) is 8.61 Å². The molecule has 0 bridgehead atoms. The number of hydrogen-bond donors (Lipinski definition) is 2. The van der Waals surface area contributed by atoms with Gasteiger partial charge in [0, 0.05) is 69.6 Å². The second-order valence-electron chi connectivity index (χ2n) is 22.7. The third-order valence-corrected chi connectivity index (χ3v) is 19.0. The molecule has 0 saturated carbocycles. The minimum absolute atomic E-state index is 0.0454. The van der Waals surface area contributed by atoms with E-state index in [1.165, 1.54) is 20.7 Å². The molecule has 6 rings (SSSR count). The molecule has 14 nitrogen and oxygen atoms in total. The van der Waals surface area contributed by atoms with Gasteiger partial charge in [0.25, 0.3) is 0 Å². The first kappa shape index (κ1) is 58.3. The van der Waals surface area contributed by atoms with Gasteiger partial charge < -0.3 is 20.4 Å². The number of Topliss-reactive ketones (excluding diaryl/α,β-unsaturated/α-hetero) is 1. The predicted octanol–water partition coefficient (Wildman–Crippen LogP) is 8.10. The molecular weight excluding hydrogens is 973 g/mol. The Morgan fingerprint density at radius 3 is 1.50 bits per heavy atom. The van der Waals surface area contributed by atoms with Gasteiger partial charge in [-0.25, -0.2) is 16.8 Å². The first-order valence-electron chi connectivity index (χ1n) is 26.6. The molecule has 404 valence electrons. The molecule has 2 aliphatic heterocycles. The van der Waals surface area contributed by atoms with Crippen LogP contribution in [-0.4, -0.2) is 129 Å². The van der Waals surface area contributed by atoms with Crippen molar-refractivity contribution in [3.63, 3.8) is 0 Å². The van der Waals surface area contributed by atoms with Crippen molar-refractivity contribution in [1.29, 1.82) is 0 Å². The van der Waals surface area contributed by atoms with Gasteiger partial charge in [0.2, 0.25) is 37.8 Å². The van der Waals surface area contributed by atoms with E-state index in [1.54, 1.807) is 48.0 Å². The molecule has 2 heterocycles. The van der Waals surface area contributed by atoms with Gasteiger partial charge in [0.1, 0.15) is 11.8 Å². The Hall–Kier alpha value is -5.00. The SMILES string of the molecule is CC[C@@H](C)C(=O)N[C@H](C(=O)N1CCC[C@H]1CN(CCc1ccccc1)S(=O)(=O)c1ccc2cc(S(=O)(=O)N(CCc3ccccc3)C[C@@H]3CCCN3C(=O)[C@@H](CC(=O)[C@H](C)NC)C(C)(C)C)ccc2c1)C(C)(C)C. The number of benzene rings is 4. The highest BCUT2D eigenvalue weighted by atomic mass is 32.2. The molecule has 0 radical (unpaired) electrons. The summed E-state index contributed by atoms with van der Waals surface area (Å²) in [6, 6.07) is 26.8. The average Bonchev–Trinajstić information content (AvgIpc) is 4.05. The van der Waals surface area contributed by atoms with Crippen molar-refractivity contribution in [3.8, 4) is 0 Å². The molecule has 2 saturated heterocycles. The summed E-state index contributed by atoms with van der Waals surface area (Å²) in [7, 11) is -6.63. The Balaban J connectivity index is 1.29. The molecule has 74 heavy (non-hydrogen) atoms. The number of ketones is 1. The Kier molecular flexibility index (Phi) is 19.5. The summed E-state index contributed by atoms with van der Waals surface area (Å²) >= 11 is 0. The zero-order valence-corrected chi connectivity index (χ0v) is 47.1. The normalized spacial score (nSPS) is 18.4. The number of hydrogen-bond acceptors (Lipinski definition) is 9. The van der Waals surface area contributed by atoms with Crippen molar-refractivity contribution in [3.05, 3.63) is 108 Å². The van der Waals surface area contributed by atoms with E-state index in [0.29, 0.717) is 68.8 Å². The van der Waals surface area contributed by atoms with E-state index in [0.717, 1.165) is 11.1 Å². The van der Waals surface area contributed by atoms with Crippen LogP contribution in [-0.2, 0) is 52.1 Å². The van der Waals surface area contributed by atoms with Crippen LogP contribution < -0.4 is 10.6 Å². The maximum Gasteiger partial charge on any atom is 0.245 e. The first-order valence-corrected chi connectivity index (χ1v) is 29.5. The molecule has 4 aromatic carbocycles. The van der Waals surface area contributed by atoms with Gasteiger partial charge >= 0.3 is 0 Å². The maximum absolute atomic E-state index is 15.0. The van der Waals surface area contributed by atoms with Crippen LogP contribution in [0, 0.1) is 22.7 Å². The third-order valence-electron chi connectivity index (χ3n) is 15.3.